The molecule has 120 valence electrons. The number of hydrogen-bond donors (Lipinski definition) is 1. The Morgan fingerprint density at radius 3 is 2.57 bits per heavy atom. The second-order valence-corrected chi connectivity index (χ2v) is 6.20. The number of nitrogens with one attached hydrogen (secondary N) is 1. The summed E-state index contributed by atoms with van der Waals surface area (Å²) in [7, 11) is 0. The van der Waals surface area contributed by atoms with Crippen LogP contribution in [0.2, 0.25) is 0 Å². The molecule has 0 amide bonds. The van der Waals surface area contributed by atoms with E-state index in [1.165, 1.54) is 12.1 Å². The molecule has 2 nitrogen and oxygen atoms in total. The molecule has 0 radical (unpaired) electrons. The monoisotopic (exact) mass is 382 g/mol. The largest absolute Gasteiger partial charge is 0.317 e. The van der Waals surface area contributed by atoms with E-state index < -0.39 is 11.6 Å². The Bertz CT molecular complexity index is 452. The van der Waals surface area contributed by atoms with Crippen LogP contribution in [0.15, 0.2) is 16.6 Å². The number of piperidine rings is 1. The first kappa shape index (κ1) is 18.8. The van der Waals surface area contributed by atoms with Crippen molar-refractivity contribution in [1.82, 2.24) is 10.2 Å². The number of hydrogen-bond acceptors (Lipinski definition) is 2. The van der Waals surface area contributed by atoms with Crippen LogP contribution in [-0.2, 0) is 6.54 Å². The topological polar surface area (TPSA) is 15.3 Å². The summed E-state index contributed by atoms with van der Waals surface area (Å²) in [6, 6.07) is 2.73. The minimum absolute atomic E-state index is 0. The van der Waals surface area contributed by atoms with Crippen LogP contribution in [0.3, 0.4) is 0 Å². The van der Waals surface area contributed by atoms with Gasteiger partial charge in [0, 0.05) is 12.1 Å². The van der Waals surface area contributed by atoms with Crippen LogP contribution in [0.25, 0.3) is 0 Å². The standard InChI is InChI=1S/C15H21BrF2N2.ClH/c1-2-19-9-11-5-7-20(8-6-11)10-12-14(17)4-3-13(16)15(12)18;/h3-4,11,19H,2,5-10H2,1H3;1H. The van der Waals surface area contributed by atoms with Crippen LogP contribution < -0.4 is 5.32 Å². The lowest BCUT2D eigenvalue weighted by atomic mass is 9.96. The maximum Gasteiger partial charge on any atom is 0.144 e. The molecule has 1 fully saturated rings. The van der Waals surface area contributed by atoms with E-state index in [0.29, 0.717) is 16.9 Å². The first-order valence-electron chi connectivity index (χ1n) is 7.17. The number of benzene rings is 1. The molecule has 0 spiro atoms. The van der Waals surface area contributed by atoms with Gasteiger partial charge in [-0.05, 0) is 73.0 Å². The van der Waals surface area contributed by atoms with Crippen LogP contribution in [0.1, 0.15) is 25.3 Å². The van der Waals surface area contributed by atoms with Gasteiger partial charge in [-0.1, -0.05) is 6.92 Å². The van der Waals surface area contributed by atoms with Gasteiger partial charge in [0.1, 0.15) is 11.6 Å². The average molecular weight is 384 g/mol. The molecule has 0 aromatic heterocycles. The van der Waals surface area contributed by atoms with E-state index in [-0.39, 0.29) is 18.0 Å². The highest BCUT2D eigenvalue weighted by Gasteiger charge is 2.21. The molecule has 1 N–H and O–H groups in total. The summed E-state index contributed by atoms with van der Waals surface area (Å²) >= 11 is 3.11. The van der Waals surface area contributed by atoms with Crippen molar-refractivity contribution in [3.05, 3.63) is 33.8 Å². The highest BCUT2D eigenvalue weighted by molar-refractivity contribution is 9.10. The smallest absolute Gasteiger partial charge is 0.144 e. The van der Waals surface area contributed by atoms with Gasteiger partial charge in [-0.3, -0.25) is 4.90 Å². The summed E-state index contributed by atoms with van der Waals surface area (Å²) in [5, 5.41) is 3.36. The van der Waals surface area contributed by atoms with E-state index in [2.05, 4.69) is 33.1 Å². The molecule has 6 heteroatoms. The summed E-state index contributed by atoms with van der Waals surface area (Å²) in [6.45, 7) is 6.31. The normalized spacial score (nSPS) is 16.8. The van der Waals surface area contributed by atoms with Gasteiger partial charge in [0.15, 0.2) is 0 Å². The predicted molar refractivity (Wildman–Crippen MR) is 87.9 cm³/mol. The summed E-state index contributed by atoms with van der Waals surface area (Å²) in [6.07, 6.45) is 2.18. The van der Waals surface area contributed by atoms with E-state index >= 15 is 0 Å². The fourth-order valence-corrected chi connectivity index (χ4v) is 3.01. The van der Waals surface area contributed by atoms with Crippen LogP contribution in [0, 0.1) is 17.6 Å². The second kappa shape index (κ2) is 9.03. The maximum atomic E-state index is 13.9. The van der Waals surface area contributed by atoms with Crippen molar-refractivity contribution in [3.8, 4) is 0 Å². The van der Waals surface area contributed by atoms with Gasteiger partial charge in [-0.15, -0.1) is 12.4 Å². The molecule has 2 rings (SSSR count). The summed E-state index contributed by atoms with van der Waals surface area (Å²) in [4.78, 5) is 2.14. The maximum absolute atomic E-state index is 13.9. The lowest BCUT2D eigenvalue weighted by Gasteiger charge is -2.32. The van der Waals surface area contributed by atoms with E-state index in [1.54, 1.807) is 0 Å². The van der Waals surface area contributed by atoms with Crippen molar-refractivity contribution in [2.75, 3.05) is 26.2 Å². The van der Waals surface area contributed by atoms with Crippen LogP contribution in [-0.4, -0.2) is 31.1 Å². The number of halogens is 4. The van der Waals surface area contributed by atoms with E-state index in [4.69, 9.17) is 0 Å². The van der Waals surface area contributed by atoms with Crippen LogP contribution >= 0.6 is 28.3 Å². The van der Waals surface area contributed by atoms with Crippen molar-refractivity contribution in [1.29, 1.82) is 0 Å². The molecular formula is C15H22BrClF2N2. The van der Waals surface area contributed by atoms with Crippen molar-refractivity contribution >= 4 is 28.3 Å². The van der Waals surface area contributed by atoms with E-state index in [9.17, 15) is 8.78 Å². The molecule has 0 saturated carbocycles. The number of likely N-dealkylation sites (tertiary alicyclic amines) is 1. The molecule has 1 heterocycles. The summed E-state index contributed by atoms with van der Waals surface area (Å²) < 4.78 is 28.0. The Balaban J connectivity index is 0.00000220. The van der Waals surface area contributed by atoms with Crippen LogP contribution in [0.5, 0.6) is 0 Å². The second-order valence-electron chi connectivity index (χ2n) is 5.35. The third-order valence-corrected chi connectivity index (χ3v) is 4.52. The first-order chi connectivity index (χ1) is 9.61. The van der Waals surface area contributed by atoms with Gasteiger partial charge in [-0.25, -0.2) is 8.78 Å². The van der Waals surface area contributed by atoms with E-state index in [0.717, 1.165) is 39.0 Å². The molecule has 0 bridgehead atoms. The molecule has 21 heavy (non-hydrogen) atoms. The van der Waals surface area contributed by atoms with Crippen molar-refractivity contribution in [3.63, 3.8) is 0 Å². The quantitative estimate of drug-likeness (QED) is 0.774. The molecule has 0 unspecified atom stereocenters. The Hall–Kier alpha value is -0.230. The van der Waals surface area contributed by atoms with Crippen molar-refractivity contribution < 1.29 is 8.78 Å². The number of nitrogens with zero attached hydrogens (tertiary/aromatic N) is 1. The molecule has 1 aliphatic heterocycles. The Kier molecular flexibility index (Phi) is 8.09. The highest BCUT2D eigenvalue weighted by Crippen LogP contribution is 2.25. The van der Waals surface area contributed by atoms with Gasteiger partial charge in [0.05, 0.1) is 4.47 Å². The minimum Gasteiger partial charge on any atom is -0.317 e. The fraction of sp³-hybridized carbons (Fsp3) is 0.600. The Labute approximate surface area is 139 Å². The molecule has 1 saturated heterocycles. The van der Waals surface area contributed by atoms with Gasteiger partial charge >= 0.3 is 0 Å². The lowest BCUT2D eigenvalue weighted by molar-refractivity contribution is 0.172. The zero-order valence-electron chi connectivity index (χ0n) is 12.2. The SMILES string of the molecule is CCNCC1CCN(Cc2c(F)ccc(Br)c2F)CC1.Cl. The van der Waals surface area contributed by atoms with Crippen LogP contribution in [0.4, 0.5) is 8.78 Å². The third-order valence-electron chi connectivity index (χ3n) is 3.91. The lowest BCUT2D eigenvalue weighted by Crippen LogP contribution is -2.37. The third kappa shape index (κ3) is 5.16. The fourth-order valence-electron chi connectivity index (χ4n) is 2.63. The highest BCUT2D eigenvalue weighted by atomic mass is 79.9. The Morgan fingerprint density at radius 1 is 1.29 bits per heavy atom. The van der Waals surface area contributed by atoms with Gasteiger partial charge in [0.25, 0.3) is 0 Å². The molecule has 1 aromatic rings. The number of rotatable bonds is 5. The minimum atomic E-state index is -0.472. The van der Waals surface area contributed by atoms with E-state index in [1.807, 2.05) is 0 Å². The molecule has 0 aliphatic carbocycles. The average Bonchev–Trinajstić information content (AvgIpc) is 2.47. The van der Waals surface area contributed by atoms with Gasteiger partial charge in [0.2, 0.25) is 0 Å². The predicted octanol–water partition coefficient (Wildman–Crippen LogP) is 3.97. The van der Waals surface area contributed by atoms with Crippen molar-refractivity contribution in [2.24, 2.45) is 5.92 Å². The summed E-state index contributed by atoms with van der Waals surface area (Å²) in [5.41, 5.74) is 0.171. The Morgan fingerprint density at radius 2 is 1.95 bits per heavy atom. The first-order valence-corrected chi connectivity index (χ1v) is 7.96. The molecule has 1 aromatic carbocycles. The summed E-state index contributed by atoms with van der Waals surface area (Å²) in [5.74, 6) is -0.247. The molecule has 0 atom stereocenters. The zero-order valence-corrected chi connectivity index (χ0v) is 14.6. The van der Waals surface area contributed by atoms with Gasteiger partial charge < -0.3 is 5.32 Å². The van der Waals surface area contributed by atoms with Gasteiger partial charge in [-0.2, -0.15) is 0 Å². The molecule has 1 aliphatic rings. The van der Waals surface area contributed by atoms with Crippen molar-refractivity contribution in [2.45, 2.75) is 26.3 Å². The molecular weight excluding hydrogens is 362 g/mol. The zero-order chi connectivity index (χ0) is 14.5.